The fraction of sp³-hybridized carbons (Fsp3) is 0.357. The number of aryl methyl sites for hydroxylation is 1. The van der Waals surface area contributed by atoms with Gasteiger partial charge in [-0.1, -0.05) is 38.0 Å². The van der Waals surface area contributed by atoms with Crippen LogP contribution in [0.4, 0.5) is 0 Å². The van der Waals surface area contributed by atoms with Gasteiger partial charge in [0.25, 0.3) is 0 Å². The minimum Gasteiger partial charge on any atom is -0.478 e. The van der Waals surface area contributed by atoms with E-state index in [0.717, 1.165) is 17.5 Å². The van der Waals surface area contributed by atoms with E-state index in [1.165, 1.54) is 12.8 Å². The van der Waals surface area contributed by atoms with E-state index in [1.54, 1.807) is 12.1 Å². The third kappa shape index (κ3) is 3.54. The Morgan fingerprint density at radius 3 is 2.81 bits per heavy atom. The maximum atomic E-state index is 10.8. The van der Waals surface area contributed by atoms with Gasteiger partial charge in [0, 0.05) is 0 Å². The van der Waals surface area contributed by atoms with Crippen LogP contribution >= 0.6 is 0 Å². The second kappa shape index (κ2) is 6.11. The van der Waals surface area contributed by atoms with E-state index in [0.29, 0.717) is 5.56 Å². The van der Waals surface area contributed by atoms with E-state index in [9.17, 15) is 4.79 Å². The highest BCUT2D eigenvalue weighted by atomic mass is 16.4. The molecule has 0 aliphatic heterocycles. The van der Waals surface area contributed by atoms with Crippen molar-refractivity contribution in [3.05, 3.63) is 41.0 Å². The Morgan fingerprint density at radius 1 is 1.44 bits per heavy atom. The number of hydrogen-bond acceptors (Lipinski definition) is 1. The molecule has 0 aromatic heterocycles. The van der Waals surface area contributed by atoms with Crippen LogP contribution in [0.5, 0.6) is 0 Å². The van der Waals surface area contributed by atoms with E-state index in [1.807, 2.05) is 19.1 Å². The largest absolute Gasteiger partial charge is 0.478 e. The predicted molar refractivity (Wildman–Crippen MR) is 66.7 cm³/mol. The molecule has 1 N–H and O–H groups in total. The summed E-state index contributed by atoms with van der Waals surface area (Å²) in [5.74, 6) is -0.872. The summed E-state index contributed by atoms with van der Waals surface area (Å²) < 4.78 is 0. The van der Waals surface area contributed by atoms with Crippen LogP contribution in [0.3, 0.4) is 0 Å². The van der Waals surface area contributed by atoms with Crippen LogP contribution in [0.15, 0.2) is 24.3 Å². The van der Waals surface area contributed by atoms with Gasteiger partial charge in [-0.05, 0) is 36.6 Å². The van der Waals surface area contributed by atoms with Crippen molar-refractivity contribution >= 4 is 12.0 Å². The quantitative estimate of drug-likeness (QED) is 0.761. The summed E-state index contributed by atoms with van der Waals surface area (Å²) in [4.78, 5) is 10.8. The molecule has 0 saturated heterocycles. The van der Waals surface area contributed by atoms with E-state index in [4.69, 9.17) is 5.11 Å². The summed E-state index contributed by atoms with van der Waals surface area (Å²) in [5.41, 5.74) is 2.45. The van der Waals surface area contributed by atoms with Gasteiger partial charge < -0.3 is 5.11 Å². The normalized spacial score (nSPS) is 10.9. The molecular formula is C14H18O2. The zero-order chi connectivity index (χ0) is 12.0. The number of hydrogen-bond donors (Lipinski definition) is 1. The highest BCUT2D eigenvalue weighted by molar-refractivity contribution is 5.88. The summed E-state index contributed by atoms with van der Waals surface area (Å²) in [7, 11) is 0. The molecule has 0 aliphatic rings. The standard InChI is InChI=1S/C14H18O2/c1-3-4-5-6-7-12-10-13(14(15)16)9-8-11(12)2/h6-10H,3-5H2,1-2H3,(H,15,16)/b7-6-. The summed E-state index contributed by atoms with van der Waals surface area (Å²) >= 11 is 0. The molecule has 0 atom stereocenters. The summed E-state index contributed by atoms with van der Waals surface area (Å²) in [6, 6.07) is 5.21. The molecule has 1 aromatic rings. The third-order valence-electron chi connectivity index (χ3n) is 2.55. The molecule has 0 aliphatic carbocycles. The van der Waals surface area contributed by atoms with Crippen LogP contribution in [0.25, 0.3) is 6.08 Å². The van der Waals surface area contributed by atoms with Crippen molar-refractivity contribution in [2.75, 3.05) is 0 Å². The number of rotatable bonds is 5. The van der Waals surface area contributed by atoms with Crippen molar-refractivity contribution in [1.82, 2.24) is 0 Å². The molecule has 0 saturated carbocycles. The first-order valence-electron chi connectivity index (χ1n) is 5.65. The SMILES string of the molecule is CCCC/C=C\c1cc(C(=O)O)ccc1C. The Hall–Kier alpha value is -1.57. The van der Waals surface area contributed by atoms with Crippen LogP contribution in [0.1, 0.15) is 47.7 Å². The molecular weight excluding hydrogens is 200 g/mol. The number of carboxylic acid groups (broad SMARTS) is 1. The highest BCUT2D eigenvalue weighted by Gasteiger charge is 2.03. The van der Waals surface area contributed by atoms with Crippen molar-refractivity contribution in [2.45, 2.75) is 33.1 Å². The summed E-state index contributed by atoms with van der Waals surface area (Å²) in [6.07, 6.45) is 7.52. The van der Waals surface area contributed by atoms with Gasteiger partial charge in [-0.2, -0.15) is 0 Å². The molecule has 2 nitrogen and oxygen atoms in total. The zero-order valence-electron chi connectivity index (χ0n) is 9.86. The molecule has 0 bridgehead atoms. The molecule has 0 unspecified atom stereocenters. The lowest BCUT2D eigenvalue weighted by Crippen LogP contribution is -1.96. The van der Waals surface area contributed by atoms with Crippen molar-refractivity contribution in [1.29, 1.82) is 0 Å². The first-order chi connectivity index (χ1) is 7.65. The average Bonchev–Trinajstić information content (AvgIpc) is 2.26. The lowest BCUT2D eigenvalue weighted by Gasteiger charge is -2.02. The van der Waals surface area contributed by atoms with Gasteiger partial charge in [0.1, 0.15) is 0 Å². The molecule has 0 fully saturated rings. The maximum Gasteiger partial charge on any atom is 0.335 e. The van der Waals surface area contributed by atoms with Crippen LogP contribution in [0, 0.1) is 6.92 Å². The lowest BCUT2D eigenvalue weighted by atomic mass is 10.0. The minimum atomic E-state index is -0.872. The fourth-order valence-electron chi connectivity index (χ4n) is 1.49. The van der Waals surface area contributed by atoms with Crippen LogP contribution in [-0.2, 0) is 0 Å². The Labute approximate surface area is 96.6 Å². The number of allylic oxidation sites excluding steroid dienone is 1. The maximum absolute atomic E-state index is 10.8. The van der Waals surface area contributed by atoms with Crippen LogP contribution < -0.4 is 0 Å². The lowest BCUT2D eigenvalue weighted by molar-refractivity contribution is 0.0697. The second-order valence-corrected chi connectivity index (χ2v) is 3.92. The van der Waals surface area contributed by atoms with Crippen molar-refractivity contribution in [3.8, 4) is 0 Å². The van der Waals surface area contributed by atoms with E-state index in [2.05, 4.69) is 13.0 Å². The zero-order valence-corrected chi connectivity index (χ0v) is 9.86. The Balaban J connectivity index is 2.82. The van der Waals surface area contributed by atoms with Gasteiger partial charge in [-0.15, -0.1) is 0 Å². The average molecular weight is 218 g/mol. The Bertz CT molecular complexity index is 392. The van der Waals surface area contributed by atoms with E-state index in [-0.39, 0.29) is 0 Å². The van der Waals surface area contributed by atoms with Gasteiger partial charge in [0.05, 0.1) is 5.56 Å². The Morgan fingerprint density at radius 2 is 2.19 bits per heavy atom. The van der Waals surface area contributed by atoms with Gasteiger partial charge in [-0.25, -0.2) is 4.79 Å². The first kappa shape index (κ1) is 12.5. The molecule has 1 rings (SSSR count). The molecule has 0 radical (unpaired) electrons. The molecule has 1 aromatic carbocycles. The first-order valence-corrected chi connectivity index (χ1v) is 5.65. The highest BCUT2D eigenvalue weighted by Crippen LogP contribution is 2.13. The molecule has 0 heterocycles. The Kier molecular flexibility index (Phi) is 4.77. The van der Waals surface area contributed by atoms with Crippen molar-refractivity contribution in [2.24, 2.45) is 0 Å². The summed E-state index contributed by atoms with van der Waals surface area (Å²) in [5, 5.41) is 8.89. The van der Waals surface area contributed by atoms with Gasteiger partial charge in [0.15, 0.2) is 0 Å². The molecule has 0 amide bonds. The number of unbranched alkanes of at least 4 members (excludes halogenated alkanes) is 2. The number of carboxylic acids is 1. The van der Waals surface area contributed by atoms with Crippen molar-refractivity contribution in [3.63, 3.8) is 0 Å². The van der Waals surface area contributed by atoms with Crippen LogP contribution in [0.2, 0.25) is 0 Å². The van der Waals surface area contributed by atoms with E-state index >= 15 is 0 Å². The predicted octanol–water partition coefficient (Wildman–Crippen LogP) is 3.90. The van der Waals surface area contributed by atoms with Gasteiger partial charge in [-0.3, -0.25) is 0 Å². The summed E-state index contributed by atoms with van der Waals surface area (Å²) in [6.45, 7) is 4.15. The monoisotopic (exact) mass is 218 g/mol. The number of carbonyl (C=O) groups is 1. The van der Waals surface area contributed by atoms with E-state index < -0.39 is 5.97 Å². The third-order valence-corrected chi connectivity index (χ3v) is 2.55. The number of aromatic carboxylic acids is 1. The van der Waals surface area contributed by atoms with Gasteiger partial charge >= 0.3 is 5.97 Å². The van der Waals surface area contributed by atoms with Crippen molar-refractivity contribution < 1.29 is 9.90 Å². The molecule has 16 heavy (non-hydrogen) atoms. The topological polar surface area (TPSA) is 37.3 Å². The number of benzene rings is 1. The fourth-order valence-corrected chi connectivity index (χ4v) is 1.49. The molecule has 0 spiro atoms. The minimum absolute atomic E-state index is 0.348. The molecule has 2 heteroatoms. The second-order valence-electron chi connectivity index (χ2n) is 3.92. The molecule has 86 valence electrons. The van der Waals surface area contributed by atoms with Crippen LogP contribution in [-0.4, -0.2) is 11.1 Å². The smallest absolute Gasteiger partial charge is 0.335 e. The van der Waals surface area contributed by atoms with Gasteiger partial charge in [0.2, 0.25) is 0 Å².